The van der Waals surface area contributed by atoms with Crippen LogP contribution < -0.4 is 10.1 Å². The van der Waals surface area contributed by atoms with Gasteiger partial charge in [0.25, 0.3) is 5.91 Å². The minimum absolute atomic E-state index is 0.386. The van der Waals surface area contributed by atoms with Crippen molar-refractivity contribution in [3.63, 3.8) is 0 Å². The Balaban J connectivity index is 1.43. The van der Waals surface area contributed by atoms with Crippen LogP contribution in [-0.4, -0.2) is 18.5 Å². The molecule has 0 aromatic heterocycles. The average Bonchev–Trinajstić information content (AvgIpc) is 2.78. The summed E-state index contributed by atoms with van der Waals surface area (Å²) < 4.78 is 10.7. The predicted molar refractivity (Wildman–Crippen MR) is 127 cm³/mol. The molecule has 0 spiro atoms. The SMILES string of the molecule is Cc1cc(Cl)ccc1NC(=O)COC(=O)C=Cc1ccc(OCc2ccc(Cl)cc2)cc1. The summed E-state index contributed by atoms with van der Waals surface area (Å²) in [7, 11) is 0. The molecule has 0 fully saturated rings. The number of esters is 1. The Morgan fingerprint density at radius 2 is 1.62 bits per heavy atom. The number of ether oxygens (including phenoxy) is 2. The van der Waals surface area contributed by atoms with E-state index in [0.717, 1.165) is 16.7 Å². The maximum Gasteiger partial charge on any atom is 0.331 e. The molecule has 0 aliphatic carbocycles. The molecule has 3 aromatic rings. The molecular formula is C25H21Cl2NO4. The van der Waals surface area contributed by atoms with Crippen molar-refractivity contribution in [2.75, 3.05) is 11.9 Å². The van der Waals surface area contributed by atoms with Crippen LogP contribution >= 0.6 is 23.2 Å². The molecule has 0 bridgehead atoms. The Hall–Kier alpha value is -3.28. The van der Waals surface area contributed by atoms with E-state index in [-0.39, 0.29) is 6.61 Å². The van der Waals surface area contributed by atoms with Crippen molar-refractivity contribution in [1.29, 1.82) is 0 Å². The van der Waals surface area contributed by atoms with Crippen LogP contribution in [0.3, 0.4) is 0 Å². The number of amides is 1. The first-order chi connectivity index (χ1) is 15.4. The highest BCUT2D eigenvalue weighted by Gasteiger charge is 2.08. The standard InChI is InChI=1S/C25H21Cl2NO4/c1-17-14-21(27)9-12-23(17)28-24(29)16-32-25(30)13-6-18-4-10-22(11-5-18)31-15-19-2-7-20(26)8-3-19/h2-14H,15-16H2,1H3,(H,28,29). The van der Waals surface area contributed by atoms with E-state index in [4.69, 9.17) is 32.7 Å². The van der Waals surface area contributed by atoms with Gasteiger partial charge in [-0.2, -0.15) is 0 Å². The fourth-order valence-corrected chi connectivity index (χ4v) is 3.08. The molecule has 5 nitrogen and oxygen atoms in total. The molecule has 0 atom stereocenters. The van der Waals surface area contributed by atoms with Gasteiger partial charge in [0.2, 0.25) is 0 Å². The van der Waals surface area contributed by atoms with Gasteiger partial charge in [0, 0.05) is 21.8 Å². The molecular weight excluding hydrogens is 449 g/mol. The van der Waals surface area contributed by atoms with Crippen LogP contribution in [0.4, 0.5) is 5.69 Å². The van der Waals surface area contributed by atoms with E-state index in [9.17, 15) is 9.59 Å². The van der Waals surface area contributed by atoms with E-state index < -0.39 is 11.9 Å². The van der Waals surface area contributed by atoms with Gasteiger partial charge >= 0.3 is 5.97 Å². The number of anilines is 1. The van der Waals surface area contributed by atoms with Crippen molar-refractivity contribution in [3.8, 4) is 5.75 Å². The van der Waals surface area contributed by atoms with Crippen LogP contribution in [-0.2, 0) is 20.9 Å². The van der Waals surface area contributed by atoms with E-state index in [0.29, 0.717) is 28.1 Å². The van der Waals surface area contributed by atoms with Crippen LogP contribution in [0.25, 0.3) is 6.08 Å². The van der Waals surface area contributed by atoms with Gasteiger partial charge in [-0.3, -0.25) is 4.79 Å². The first-order valence-corrected chi connectivity index (χ1v) is 10.5. The second kappa shape index (κ2) is 11.4. The van der Waals surface area contributed by atoms with Crippen LogP contribution in [0.5, 0.6) is 5.75 Å². The van der Waals surface area contributed by atoms with Gasteiger partial charge in [-0.15, -0.1) is 0 Å². The Morgan fingerprint density at radius 1 is 0.938 bits per heavy atom. The number of hydrogen-bond acceptors (Lipinski definition) is 4. The largest absolute Gasteiger partial charge is 0.489 e. The fourth-order valence-electron chi connectivity index (χ4n) is 2.73. The Labute approximate surface area is 196 Å². The van der Waals surface area contributed by atoms with Gasteiger partial charge < -0.3 is 14.8 Å². The zero-order valence-electron chi connectivity index (χ0n) is 17.3. The van der Waals surface area contributed by atoms with Crippen LogP contribution in [0.15, 0.2) is 72.8 Å². The van der Waals surface area contributed by atoms with Crippen molar-refractivity contribution >= 4 is 46.8 Å². The number of carbonyl (C=O) groups excluding carboxylic acids is 2. The minimum Gasteiger partial charge on any atom is -0.489 e. The van der Waals surface area contributed by atoms with Gasteiger partial charge in [-0.05, 0) is 72.2 Å². The maximum absolute atomic E-state index is 12.0. The molecule has 0 aliphatic rings. The zero-order chi connectivity index (χ0) is 22.9. The summed E-state index contributed by atoms with van der Waals surface area (Å²) in [6.45, 7) is 1.86. The molecule has 1 amide bonds. The molecule has 0 saturated carbocycles. The average molecular weight is 470 g/mol. The lowest BCUT2D eigenvalue weighted by atomic mass is 10.2. The summed E-state index contributed by atoms with van der Waals surface area (Å²) in [5, 5.41) is 3.94. The van der Waals surface area contributed by atoms with Crippen LogP contribution in [0.2, 0.25) is 10.0 Å². The number of nitrogens with one attached hydrogen (secondary N) is 1. The predicted octanol–water partition coefficient (Wildman–Crippen LogP) is 6.08. The molecule has 0 radical (unpaired) electrons. The van der Waals surface area contributed by atoms with E-state index in [2.05, 4.69) is 5.32 Å². The third kappa shape index (κ3) is 7.45. The number of aryl methyl sites for hydroxylation is 1. The van der Waals surface area contributed by atoms with Crippen molar-refractivity contribution in [3.05, 3.63) is 99.5 Å². The van der Waals surface area contributed by atoms with Gasteiger partial charge in [0.15, 0.2) is 6.61 Å². The number of carbonyl (C=O) groups is 2. The summed E-state index contributed by atoms with van der Waals surface area (Å²) in [6, 6.07) is 19.8. The van der Waals surface area contributed by atoms with Crippen molar-refractivity contribution in [2.45, 2.75) is 13.5 Å². The highest BCUT2D eigenvalue weighted by Crippen LogP contribution is 2.19. The van der Waals surface area contributed by atoms with E-state index in [1.54, 1.807) is 24.3 Å². The quantitative estimate of drug-likeness (QED) is 0.320. The Kier molecular flexibility index (Phi) is 8.31. The van der Waals surface area contributed by atoms with Gasteiger partial charge in [-0.25, -0.2) is 4.79 Å². The van der Waals surface area contributed by atoms with Crippen LogP contribution in [0, 0.1) is 6.92 Å². The van der Waals surface area contributed by atoms with E-state index in [1.165, 1.54) is 6.08 Å². The number of hydrogen-bond donors (Lipinski definition) is 1. The Bertz CT molecular complexity index is 1110. The molecule has 3 rings (SSSR count). The monoisotopic (exact) mass is 469 g/mol. The summed E-state index contributed by atoms with van der Waals surface area (Å²) in [6.07, 6.45) is 2.87. The Morgan fingerprint density at radius 3 is 2.31 bits per heavy atom. The first-order valence-electron chi connectivity index (χ1n) is 9.77. The van der Waals surface area contributed by atoms with Gasteiger partial charge in [0.05, 0.1) is 0 Å². The second-order valence-corrected chi connectivity index (χ2v) is 7.81. The second-order valence-electron chi connectivity index (χ2n) is 6.93. The summed E-state index contributed by atoms with van der Waals surface area (Å²) in [5.41, 5.74) is 3.24. The van der Waals surface area contributed by atoms with Crippen molar-refractivity contribution in [2.24, 2.45) is 0 Å². The number of halogens is 2. The third-order valence-corrected chi connectivity index (χ3v) is 4.91. The van der Waals surface area contributed by atoms with E-state index >= 15 is 0 Å². The van der Waals surface area contributed by atoms with Crippen LogP contribution in [0.1, 0.15) is 16.7 Å². The maximum atomic E-state index is 12.0. The summed E-state index contributed by atoms with van der Waals surface area (Å²) >= 11 is 11.8. The molecule has 0 aliphatic heterocycles. The molecule has 164 valence electrons. The first kappa shape index (κ1) is 23.4. The molecule has 0 heterocycles. The molecule has 0 unspecified atom stereocenters. The normalized spacial score (nSPS) is 10.7. The fraction of sp³-hybridized carbons (Fsp3) is 0.120. The van der Waals surface area contributed by atoms with Gasteiger partial charge in [0.1, 0.15) is 12.4 Å². The molecule has 32 heavy (non-hydrogen) atoms. The lowest BCUT2D eigenvalue weighted by Crippen LogP contribution is -2.20. The van der Waals surface area contributed by atoms with Crippen molar-refractivity contribution in [1.82, 2.24) is 0 Å². The minimum atomic E-state index is -0.615. The number of benzene rings is 3. The highest BCUT2D eigenvalue weighted by molar-refractivity contribution is 6.31. The zero-order valence-corrected chi connectivity index (χ0v) is 18.8. The highest BCUT2D eigenvalue weighted by atomic mass is 35.5. The van der Waals surface area contributed by atoms with Crippen molar-refractivity contribution < 1.29 is 19.1 Å². The summed E-state index contributed by atoms with van der Waals surface area (Å²) in [4.78, 5) is 23.9. The molecule has 7 heteroatoms. The topological polar surface area (TPSA) is 64.6 Å². The molecule has 3 aromatic carbocycles. The smallest absolute Gasteiger partial charge is 0.331 e. The lowest BCUT2D eigenvalue weighted by molar-refractivity contribution is -0.142. The van der Waals surface area contributed by atoms with Gasteiger partial charge in [-0.1, -0.05) is 47.5 Å². The summed E-state index contributed by atoms with van der Waals surface area (Å²) in [5.74, 6) is -0.343. The van der Waals surface area contributed by atoms with E-state index in [1.807, 2.05) is 55.5 Å². The molecule has 1 N–H and O–H groups in total. The lowest BCUT2D eigenvalue weighted by Gasteiger charge is -2.08. The molecule has 0 saturated heterocycles. The third-order valence-electron chi connectivity index (χ3n) is 4.42. The number of rotatable bonds is 8.